The number of halogens is 2. The van der Waals surface area contributed by atoms with Gasteiger partial charge in [0.1, 0.15) is 23.2 Å². The first-order valence-corrected chi connectivity index (χ1v) is 11.1. The van der Waals surface area contributed by atoms with Crippen molar-refractivity contribution in [3.8, 4) is 17.4 Å². The van der Waals surface area contributed by atoms with Crippen LogP contribution in [0.4, 0.5) is 5.13 Å². The predicted molar refractivity (Wildman–Crippen MR) is 128 cm³/mol. The van der Waals surface area contributed by atoms with E-state index in [0.29, 0.717) is 33.1 Å². The number of thiazole rings is 1. The summed E-state index contributed by atoms with van der Waals surface area (Å²) < 4.78 is 5.75. The Morgan fingerprint density at radius 3 is 2.78 bits per heavy atom. The lowest BCUT2D eigenvalue weighted by atomic mass is 10.1. The van der Waals surface area contributed by atoms with Crippen LogP contribution in [0.2, 0.25) is 10.0 Å². The molecule has 1 N–H and O–H groups in total. The maximum Gasteiger partial charge on any atom is 0.268 e. The van der Waals surface area contributed by atoms with Crippen molar-refractivity contribution in [3.63, 3.8) is 0 Å². The molecule has 2 heterocycles. The van der Waals surface area contributed by atoms with Crippen LogP contribution in [0.15, 0.2) is 76.9 Å². The first-order valence-electron chi connectivity index (χ1n) is 9.49. The Hall–Kier alpha value is -3.37. The van der Waals surface area contributed by atoms with Gasteiger partial charge in [0.2, 0.25) is 0 Å². The average molecular weight is 480 g/mol. The smallest absolute Gasteiger partial charge is 0.268 e. The number of hydrogen-bond donors (Lipinski definition) is 1. The highest BCUT2D eigenvalue weighted by molar-refractivity contribution is 7.15. The molecule has 2 aromatic heterocycles. The Bertz CT molecular complexity index is 1350. The number of anilines is 1. The van der Waals surface area contributed by atoms with Gasteiger partial charge in [-0.2, -0.15) is 5.26 Å². The Balaban J connectivity index is 1.46. The lowest BCUT2D eigenvalue weighted by Crippen LogP contribution is -2.13. The van der Waals surface area contributed by atoms with E-state index in [2.05, 4.69) is 10.3 Å². The van der Waals surface area contributed by atoms with Gasteiger partial charge in [0.15, 0.2) is 5.13 Å². The summed E-state index contributed by atoms with van der Waals surface area (Å²) in [5.74, 6) is 0.401. The third kappa shape index (κ3) is 5.27. The highest BCUT2D eigenvalue weighted by atomic mass is 35.5. The van der Waals surface area contributed by atoms with Gasteiger partial charge in [0.05, 0.1) is 0 Å². The number of benzene rings is 2. The molecule has 4 rings (SSSR count). The van der Waals surface area contributed by atoms with Crippen molar-refractivity contribution in [3.05, 3.63) is 98.7 Å². The number of hydrogen-bond acceptors (Lipinski definition) is 5. The highest BCUT2D eigenvalue weighted by Gasteiger charge is 2.14. The average Bonchev–Trinajstić information content (AvgIpc) is 3.43. The summed E-state index contributed by atoms with van der Waals surface area (Å²) in [6.45, 7) is 0. The molecular weight excluding hydrogens is 465 g/mol. The molecule has 0 aliphatic rings. The topological polar surface area (TPSA) is 78.9 Å². The van der Waals surface area contributed by atoms with Crippen molar-refractivity contribution < 1.29 is 9.21 Å². The summed E-state index contributed by atoms with van der Waals surface area (Å²) >= 11 is 13.6. The van der Waals surface area contributed by atoms with E-state index < -0.39 is 5.91 Å². The number of carbonyl (C=O) groups excluding carboxylic acids is 1. The van der Waals surface area contributed by atoms with Gasteiger partial charge in [-0.05, 0) is 35.9 Å². The summed E-state index contributed by atoms with van der Waals surface area (Å²) in [6, 6.07) is 20.1. The van der Waals surface area contributed by atoms with Gasteiger partial charge in [0, 0.05) is 39.2 Å². The quantitative estimate of drug-likeness (QED) is 0.242. The summed E-state index contributed by atoms with van der Waals surface area (Å²) in [5, 5.41) is 13.8. The van der Waals surface area contributed by atoms with E-state index in [-0.39, 0.29) is 5.57 Å². The second-order valence-electron chi connectivity index (χ2n) is 6.74. The SMILES string of the molecule is N#CC(=Cc1ccc(-c2cccc(Cl)c2)o1)C(=O)Nc1ncc(Cc2ccccc2Cl)s1. The van der Waals surface area contributed by atoms with E-state index >= 15 is 0 Å². The van der Waals surface area contributed by atoms with Crippen molar-refractivity contribution >= 4 is 51.7 Å². The minimum Gasteiger partial charge on any atom is -0.457 e. The third-order valence-electron chi connectivity index (χ3n) is 4.48. The molecular formula is C24H15Cl2N3O2S. The van der Waals surface area contributed by atoms with Crippen LogP contribution in [0.5, 0.6) is 0 Å². The number of nitrogens with one attached hydrogen (secondary N) is 1. The third-order valence-corrected chi connectivity index (χ3v) is 6.00. The molecule has 0 radical (unpaired) electrons. The first-order chi connectivity index (χ1) is 15.5. The van der Waals surface area contributed by atoms with Crippen LogP contribution >= 0.6 is 34.5 Å². The van der Waals surface area contributed by atoms with Crippen LogP contribution in [0, 0.1) is 11.3 Å². The lowest BCUT2D eigenvalue weighted by molar-refractivity contribution is -0.112. The molecule has 0 aliphatic heterocycles. The van der Waals surface area contributed by atoms with E-state index in [1.807, 2.05) is 42.5 Å². The van der Waals surface area contributed by atoms with Gasteiger partial charge in [-0.25, -0.2) is 4.98 Å². The number of nitrogens with zero attached hydrogens (tertiary/aromatic N) is 2. The normalized spacial score (nSPS) is 11.2. The number of amides is 1. The van der Waals surface area contributed by atoms with Gasteiger partial charge in [-0.15, -0.1) is 11.3 Å². The molecule has 158 valence electrons. The van der Waals surface area contributed by atoms with E-state index in [1.165, 1.54) is 17.4 Å². The van der Waals surface area contributed by atoms with Crippen LogP contribution in [0.25, 0.3) is 17.4 Å². The van der Waals surface area contributed by atoms with Crippen LogP contribution in [0.1, 0.15) is 16.2 Å². The zero-order chi connectivity index (χ0) is 22.5. The summed E-state index contributed by atoms with van der Waals surface area (Å²) in [5.41, 5.74) is 1.68. The highest BCUT2D eigenvalue weighted by Crippen LogP contribution is 2.27. The lowest BCUT2D eigenvalue weighted by Gasteiger charge is -2.01. The fraction of sp³-hybridized carbons (Fsp3) is 0.0417. The van der Waals surface area contributed by atoms with E-state index in [1.54, 1.807) is 30.5 Å². The Kier molecular flexibility index (Phi) is 6.72. The van der Waals surface area contributed by atoms with Crippen LogP contribution in [-0.4, -0.2) is 10.9 Å². The molecule has 0 spiro atoms. The van der Waals surface area contributed by atoms with Gasteiger partial charge >= 0.3 is 0 Å². The minimum atomic E-state index is -0.563. The molecule has 2 aromatic carbocycles. The van der Waals surface area contributed by atoms with Crippen molar-refractivity contribution in [1.29, 1.82) is 5.26 Å². The summed E-state index contributed by atoms with van der Waals surface area (Å²) in [4.78, 5) is 17.7. The standard InChI is InChI=1S/C24H15Cl2N3O2S/c25-18-6-3-5-16(10-18)22-9-8-19(31-22)11-17(13-27)23(30)29-24-28-14-20(32-24)12-15-4-1-2-7-21(15)26/h1-11,14H,12H2,(H,28,29,30). The van der Waals surface area contributed by atoms with E-state index in [0.717, 1.165) is 16.0 Å². The Morgan fingerprint density at radius 1 is 1.16 bits per heavy atom. The molecule has 0 atom stereocenters. The zero-order valence-corrected chi connectivity index (χ0v) is 18.8. The fourth-order valence-electron chi connectivity index (χ4n) is 2.96. The van der Waals surface area contributed by atoms with E-state index in [4.69, 9.17) is 27.6 Å². The zero-order valence-electron chi connectivity index (χ0n) is 16.5. The molecule has 5 nitrogen and oxygen atoms in total. The van der Waals surface area contributed by atoms with Crippen LogP contribution in [-0.2, 0) is 11.2 Å². The molecule has 0 unspecified atom stereocenters. The van der Waals surface area contributed by atoms with Crippen LogP contribution in [0.3, 0.4) is 0 Å². The number of furan rings is 1. The second-order valence-corrected chi connectivity index (χ2v) is 8.70. The molecule has 0 bridgehead atoms. The molecule has 8 heteroatoms. The molecule has 0 aliphatic carbocycles. The molecule has 1 amide bonds. The number of aromatic nitrogens is 1. The minimum absolute atomic E-state index is 0.0974. The van der Waals surface area contributed by atoms with E-state index in [9.17, 15) is 10.1 Å². The van der Waals surface area contributed by atoms with Gasteiger partial charge in [0.25, 0.3) is 5.91 Å². The molecule has 32 heavy (non-hydrogen) atoms. The fourth-order valence-corrected chi connectivity index (χ4v) is 4.18. The Labute approximate surface area is 198 Å². The number of carbonyl (C=O) groups is 1. The monoisotopic (exact) mass is 479 g/mol. The van der Waals surface area contributed by atoms with Crippen molar-refractivity contribution in [2.24, 2.45) is 0 Å². The van der Waals surface area contributed by atoms with Crippen molar-refractivity contribution in [2.45, 2.75) is 6.42 Å². The molecule has 0 saturated carbocycles. The molecule has 4 aromatic rings. The summed E-state index contributed by atoms with van der Waals surface area (Å²) in [6.07, 6.45) is 3.68. The largest absolute Gasteiger partial charge is 0.457 e. The van der Waals surface area contributed by atoms with Gasteiger partial charge in [-0.3, -0.25) is 10.1 Å². The predicted octanol–water partition coefficient (Wildman–Crippen LogP) is 6.85. The Morgan fingerprint density at radius 2 is 2.00 bits per heavy atom. The maximum atomic E-state index is 12.6. The van der Waals surface area contributed by atoms with Gasteiger partial charge in [-0.1, -0.05) is 53.5 Å². The van der Waals surface area contributed by atoms with Crippen molar-refractivity contribution in [1.82, 2.24) is 4.98 Å². The first kappa shape index (κ1) is 21.8. The molecule has 0 fully saturated rings. The summed E-state index contributed by atoms with van der Waals surface area (Å²) in [7, 11) is 0. The van der Waals surface area contributed by atoms with Gasteiger partial charge < -0.3 is 4.42 Å². The number of nitriles is 1. The number of rotatable bonds is 6. The molecule has 0 saturated heterocycles. The second kappa shape index (κ2) is 9.84. The van der Waals surface area contributed by atoms with Crippen LogP contribution < -0.4 is 5.32 Å². The maximum absolute atomic E-state index is 12.6. The van der Waals surface area contributed by atoms with Crippen molar-refractivity contribution in [2.75, 3.05) is 5.32 Å².